The molecule has 0 aromatic carbocycles. The minimum absolute atomic E-state index is 0.233. The van der Waals surface area contributed by atoms with Crippen LogP contribution in [0.25, 0.3) is 0 Å². The summed E-state index contributed by atoms with van der Waals surface area (Å²) in [5.74, 6) is -0.233. The van der Waals surface area contributed by atoms with Gasteiger partial charge in [-0.05, 0) is 6.42 Å². The Morgan fingerprint density at radius 2 is 2.30 bits per heavy atom. The molecular weight excluding hydrogens is 148 g/mol. The normalized spacial score (nSPS) is 10.6. The smallest absolute Gasteiger partial charge is 0.369 e. The zero-order valence-corrected chi connectivity index (χ0v) is 7.97. The van der Waals surface area contributed by atoms with Crippen molar-refractivity contribution in [2.75, 3.05) is 6.61 Å². The van der Waals surface area contributed by atoms with Gasteiger partial charge in [-0.15, -0.1) is 0 Å². The average Bonchev–Trinajstić information content (AvgIpc) is 1.87. The molecule has 0 atom stereocenters. The number of unbranched alkanes of at least 4 members (excludes halogenated alkanes) is 1. The molecule has 60 valence electrons. The van der Waals surface area contributed by atoms with Crippen LogP contribution in [0.5, 0.6) is 0 Å². The molecule has 0 aromatic heterocycles. The minimum atomic E-state index is -1.01. The number of rotatable bonds is 5. The highest BCUT2D eigenvalue weighted by molar-refractivity contribution is 6.22. The summed E-state index contributed by atoms with van der Waals surface area (Å²) in [4.78, 5) is 10.2. The molecule has 0 N–H and O–H groups in total. The van der Waals surface area contributed by atoms with Crippen molar-refractivity contribution in [3.63, 3.8) is 0 Å². The van der Waals surface area contributed by atoms with Gasteiger partial charge in [-0.2, -0.15) is 0 Å². The van der Waals surface area contributed by atoms with Gasteiger partial charge in [0.1, 0.15) is 0 Å². The zero-order chi connectivity index (χ0) is 7.82. The third kappa shape index (κ3) is 7.65. The van der Waals surface area contributed by atoms with Crippen LogP contribution >= 0.6 is 0 Å². The molecule has 10 heavy (non-hydrogen) atoms. The maximum atomic E-state index is 10.2. The summed E-state index contributed by atoms with van der Waals surface area (Å²) in [6.07, 6.45) is 2.17. The van der Waals surface area contributed by atoms with E-state index in [9.17, 15) is 4.79 Å². The van der Waals surface area contributed by atoms with Crippen LogP contribution in [0.15, 0.2) is 0 Å². The van der Waals surface area contributed by atoms with Crippen LogP contribution in [0.2, 0.25) is 0 Å². The van der Waals surface area contributed by atoms with Gasteiger partial charge < -0.3 is 8.85 Å². The zero-order valence-electron chi connectivity index (χ0n) is 6.55. The lowest BCUT2D eigenvalue weighted by atomic mass is 10.4. The number of hydrogen-bond donors (Lipinski definition) is 0. The quantitative estimate of drug-likeness (QED) is 0.432. The average molecular weight is 162 g/mol. The predicted octanol–water partition coefficient (Wildman–Crippen LogP) is 0.365. The van der Waals surface area contributed by atoms with Gasteiger partial charge in [-0.25, -0.2) is 0 Å². The SMILES string of the molecule is CCCCO[SiH2]OC(C)=O. The van der Waals surface area contributed by atoms with E-state index in [0.29, 0.717) is 0 Å². The molecule has 0 unspecified atom stereocenters. The van der Waals surface area contributed by atoms with Crippen LogP contribution in [-0.4, -0.2) is 22.6 Å². The molecule has 0 aliphatic carbocycles. The van der Waals surface area contributed by atoms with Crippen LogP contribution in [0.4, 0.5) is 0 Å². The van der Waals surface area contributed by atoms with E-state index < -0.39 is 10.0 Å². The van der Waals surface area contributed by atoms with E-state index in [1.807, 2.05) is 0 Å². The minimum Gasteiger partial charge on any atom is -0.499 e. The standard InChI is InChI=1S/C6H14O3Si/c1-3-4-5-8-10-9-6(2)7/h3-5,10H2,1-2H3. The Labute approximate surface area is 63.8 Å². The molecule has 0 aliphatic heterocycles. The molecule has 0 saturated heterocycles. The topological polar surface area (TPSA) is 35.5 Å². The molecule has 4 heteroatoms. The maximum absolute atomic E-state index is 10.2. The summed E-state index contributed by atoms with van der Waals surface area (Å²) >= 11 is 0. The molecule has 0 aromatic rings. The fourth-order valence-corrected chi connectivity index (χ4v) is 1.00. The van der Waals surface area contributed by atoms with Gasteiger partial charge >= 0.3 is 10.0 Å². The second-order valence-corrected chi connectivity index (χ2v) is 2.95. The summed E-state index contributed by atoms with van der Waals surface area (Å²) in [5.41, 5.74) is 0. The summed E-state index contributed by atoms with van der Waals surface area (Å²) in [6.45, 7) is 4.23. The number of carbonyl (C=O) groups excluding carboxylic acids is 1. The van der Waals surface area contributed by atoms with Crippen LogP contribution in [0.1, 0.15) is 26.7 Å². The molecule has 0 bridgehead atoms. The summed E-state index contributed by atoms with van der Waals surface area (Å²) in [6, 6.07) is 0. The van der Waals surface area contributed by atoms with Crippen LogP contribution in [0.3, 0.4) is 0 Å². The second-order valence-electron chi connectivity index (χ2n) is 2.02. The molecular formula is C6H14O3Si. The highest BCUT2D eigenvalue weighted by Crippen LogP contribution is 1.86. The first-order valence-corrected chi connectivity index (χ1v) is 4.64. The number of hydrogen-bond acceptors (Lipinski definition) is 3. The summed E-state index contributed by atoms with van der Waals surface area (Å²) < 4.78 is 9.75. The Balaban J connectivity index is 2.84. The molecule has 0 amide bonds. The van der Waals surface area contributed by atoms with Gasteiger partial charge in [0.25, 0.3) is 5.97 Å². The van der Waals surface area contributed by atoms with Gasteiger partial charge in [-0.3, -0.25) is 4.79 Å². The highest BCUT2D eigenvalue weighted by atomic mass is 28.3. The van der Waals surface area contributed by atoms with Crippen molar-refractivity contribution in [1.82, 2.24) is 0 Å². The molecule has 0 spiro atoms. The lowest BCUT2D eigenvalue weighted by molar-refractivity contribution is -0.132. The van der Waals surface area contributed by atoms with E-state index in [1.54, 1.807) is 0 Å². The maximum Gasteiger partial charge on any atom is 0.369 e. The van der Waals surface area contributed by atoms with Crippen LogP contribution in [0, 0.1) is 0 Å². The Morgan fingerprint density at radius 1 is 1.60 bits per heavy atom. The molecule has 0 saturated carbocycles. The fraction of sp³-hybridized carbons (Fsp3) is 0.833. The fourth-order valence-electron chi connectivity index (χ4n) is 0.430. The van der Waals surface area contributed by atoms with Gasteiger partial charge in [0.05, 0.1) is 0 Å². The van der Waals surface area contributed by atoms with E-state index >= 15 is 0 Å². The number of carbonyl (C=O) groups is 1. The highest BCUT2D eigenvalue weighted by Gasteiger charge is 1.91. The van der Waals surface area contributed by atoms with E-state index in [-0.39, 0.29) is 5.97 Å². The predicted molar refractivity (Wildman–Crippen MR) is 41.2 cm³/mol. The van der Waals surface area contributed by atoms with Gasteiger partial charge in [0.15, 0.2) is 0 Å². The third-order valence-corrected chi connectivity index (χ3v) is 1.97. The van der Waals surface area contributed by atoms with E-state index in [4.69, 9.17) is 4.43 Å². The molecule has 0 radical (unpaired) electrons. The van der Waals surface area contributed by atoms with Crippen molar-refractivity contribution in [1.29, 1.82) is 0 Å². The van der Waals surface area contributed by atoms with Crippen LogP contribution in [-0.2, 0) is 13.6 Å². The van der Waals surface area contributed by atoms with Crippen LogP contribution < -0.4 is 0 Å². The molecule has 0 rings (SSSR count). The van der Waals surface area contributed by atoms with Gasteiger partial charge in [0, 0.05) is 13.5 Å². The Kier molecular flexibility index (Phi) is 6.52. The third-order valence-electron chi connectivity index (χ3n) is 0.988. The molecule has 3 nitrogen and oxygen atoms in total. The monoisotopic (exact) mass is 162 g/mol. The van der Waals surface area contributed by atoms with Gasteiger partial charge in [-0.1, -0.05) is 13.3 Å². The van der Waals surface area contributed by atoms with Crippen molar-refractivity contribution < 1.29 is 13.6 Å². The van der Waals surface area contributed by atoms with Crippen molar-refractivity contribution in [2.45, 2.75) is 26.7 Å². The largest absolute Gasteiger partial charge is 0.499 e. The van der Waals surface area contributed by atoms with Crippen molar-refractivity contribution in [2.24, 2.45) is 0 Å². The van der Waals surface area contributed by atoms with E-state index in [0.717, 1.165) is 19.4 Å². The molecule has 0 fully saturated rings. The summed E-state index contributed by atoms with van der Waals surface area (Å²) in [7, 11) is -1.01. The first-order chi connectivity index (χ1) is 4.77. The van der Waals surface area contributed by atoms with Crippen molar-refractivity contribution in [3.05, 3.63) is 0 Å². The van der Waals surface area contributed by atoms with Gasteiger partial charge in [0.2, 0.25) is 0 Å². The Hall–Kier alpha value is -0.353. The van der Waals surface area contributed by atoms with E-state index in [1.165, 1.54) is 6.92 Å². The summed E-state index contributed by atoms with van der Waals surface area (Å²) in [5, 5.41) is 0. The Morgan fingerprint density at radius 3 is 2.80 bits per heavy atom. The van der Waals surface area contributed by atoms with E-state index in [2.05, 4.69) is 11.3 Å². The van der Waals surface area contributed by atoms with Crippen molar-refractivity contribution in [3.8, 4) is 0 Å². The van der Waals surface area contributed by atoms with Crippen molar-refractivity contribution >= 4 is 16.0 Å². The second kappa shape index (κ2) is 6.76. The Bertz CT molecular complexity index is 95.0. The lowest BCUT2D eigenvalue weighted by Gasteiger charge is -2.01. The lowest BCUT2D eigenvalue weighted by Crippen LogP contribution is -2.09. The first kappa shape index (κ1) is 9.65. The molecule has 0 heterocycles. The first-order valence-electron chi connectivity index (χ1n) is 3.48. The molecule has 0 aliphatic rings.